The molecule has 0 spiro atoms. The first kappa shape index (κ1) is 19.0. The van der Waals surface area contributed by atoms with Crippen LogP contribution in [0.4, 0.5) is 4.39 Å². The molecule has 0 unspecified atom stereocenters. The molecule has 0 amide bonds. The van der Waals surface area contributed by atoms with Gasteiger partial charge in [0.25, 0.3) is 0 Å². The Labute approximate surface area is 162 Å². The van der Waals surface area contributed by atoms with Gasteiger partial charge in [-0.15, -0.1) is 0 Å². The summed E-state index contributed by atoms with van der Waals surface area (Å²) in [4.78, 5) is 0. The second-order valence-electron chi connectivity index (χ2n) is 6.08. The van der Waals surface area contributed by atoms with Gasteiger partial charge in [-0.1, -0.05) is 37.6 Å². The maximum Gasteiger partial charge on any atom is 0.216 e. The molecule has 7 heteroatoms. The van der Waals surface area contributed by atoms with E-state index in [-0.39, 0.29) is 5.82 Å². The smallest absolute Gasteiger partial charge is 0.216 e. The van der Waals surface area contributed by atoms with Crippen molar-refractivity contribution in [1.82, 2.24) is 14.9 Å². The average molecular weight is 384 g/mol. The molecule has 0 aliphatic rings. The van der Waals surface area contributed by atoms with Crippen LogP contribution in [0.1, 0.15) is 36.7 Å². The molecule has 0 saturated carbocycles. The number of H-pyrrole nitrogens is 1. The summed E-state index contributed by atoms with van der Waals surface area (Å²) in [6, 6.07) is 14.0. The molecular formula is C20H21FN4OS. The van der Waals surface area contributed by atoms with Crippen LogP contribution in [0.15, 0.2) is 53.6 Å². The quantitative estimate of drug-likeness (QED) is 0.347. The van der Waals surface area contributed by atoms with Gasteiger partial charge >= 0.3 is 0 Å². The lowest BCUT2D eigenvalue weighted by molar-refractivity contribution is 0.309. The minimum absolute atomic E-state index is 0.267. The van der Waals surface area contributed by atoms with Crippen molar-refractivity contribution in [3.8, 4) is 5.75 Å². The Morgan fingerprint density at radius 3 is 2.85 bits per heavy atom. The highest BCUT2D eigenvalue weighted by atomic mass is 32.1. The molecule has 1 aromatic heterocycles. The fourth-order valence-electron chi connectivity index (χ4n) is 2.49. The number of halogens is 1. The van der Waals surface area contributed by atoms with Crippen molar-refractivity contribution >= 4 is 18.4 Å². The molecular weight excluding hydrogens is 363 g/mol. The van der Waals surface area contributed by atoms with Gasteiger partial charge < -0.3 is 4.74 Å². The molecule has 140 valence electrons. The number of ether oxygens (including phenoxy) is 1. The first-order valence-electron chi connectivity index (χ1n) is 8.83. The van der Waals surface area contributed by atoms with E-state index in [4.69, 9.17) is 17.0 Å². The number of hydrogen-bond donors (Lipinski definition) is 1. The normalized spacial score (nSPS) is 11.2. The van der Waals surface area contributed by atoms with Crippen LogP contribution in [0, 0.1) is 10.6 Å². The van der Waals surface area contributed by atoms with Crippen LogP contribution in [-0.4, -0.2) is 27.7 Å². The minimum atomic E-state index is -0.267. The molecule has 1 N–H and O–H groups in total. The maximum absolute atomic E-state index is 13.1. The molecule has 0 aliphatic heterocycles. The Hall–Kier alpha value is -2.80. The Kier molecular flexibility index (Phi) is 6.49. The van der Waals surface area contributed by atoms with Crippen molar-refractivity contribution in [2.45, 2.75) is 26.2 Å². The van der Waals surface area contributed by atoms with Gasteiger partial charge in [0.05, 0.1) is 12.8 Å². The summed E-state index contributed by atoms with van der Waals surface area (Å²) in [6.07, 6.45) is 4.32. The summed E-state index contributed by atoms with van der Waals surface area (Å²) in [5, 5.41) is 11.4. The summed E-state index contributed by atoms with van der Waals surface area (Å²) in [5.41, 5.74) is 1.83. The van der Waals surface area contributed by atoms with Crippen molar-refractivity contribution < 1.29 is 9.13 Å². The number of nitrogens with one attached hydrogen (secondary N) is 1. The van der Waals surface area contributed by atoms with E-state index in [0.717, 1.165) is 29.7 Å². The second-order valence-corrected chi connectivity index (χ2v) is 6.47. The van der Waals surface area contributed by atoms with Crippen LogP contribution in [0.2, 0.25) is 0 Å². The lowest BCUT2D eigenvalue weighted by Gasteiger charge is -2.05. The summed E-state index contributed by atoms with van der Waals surface area (Å²) in [7, 11) is 0. The summed E-state index contributed by atoms with van der Waals surface area (Å²) in [6.45, 7) is 2.83. The molecule has 0 aliphatic carbocycles. The van der Waals surface area contributed by atoms with Gasteiger partial charge in [-0.05, 0) is 54.0 Å². The third kappa shape index (κ3) is 5.34. The summed E-state index contributed by atoms with van der Waals surface area (Å²) in [5.74, 6) is 1.20. The SMILES string of the molecule is CCCCOc1cccc(/C=N\n2c(Cc3ccc(F)cc3)n[nH]c2=S)c1. The topological polar surface area (TPSA) is 55.2 Å². The van der Waals surface area contributed by atoms with Gasteiger partial charge in [0.15, 0.2) is 5.82 Å². The molecule has 3 aromatic rings. The van der Waals surface area contributed by atoms with E-state index in [9.17, 15) is 4.39 Å². The van der Waals surface area contributed by atoms with Crippen LogP contribution in [0.5, 0.6) is 5.75 Å². The number of benzene rings is 2. The zero-order chi connectivity index (χ0) is 19.1. The Morgan fingerprint density at radius 2 is 2.07 bits per heavy atom. The largest absolute Gasteiger partial charge is 0.494 e. The van der Waals surface area contributed by atoms with E-state index in [1.54, 1.807) is 23.0 Å². The number of aromatic amines is 1. The molecule has 0 radical (unpaired) electrons. The van der Waals surface area contributed by atoms with Crippen LogP contribution in [0.3, 0.4) is 0 Å². The highest BCUT2D eigenvalue weighted by Gasteiger charge is 2.06. The number of nitrogens with zero attached hydrogens (tertiary/aromatic N) is 3. The fourth-order valence-corrected chi connectivity index (χ4v) is 2.68. The Morgan fingerprint density at radius 1 is 1.26 bits per heavy atom. The zero-order valence-corrected chi connectivity index (χ0v) is 15.9. The summed E-state index contributed by atoms with van der Waals surface area (Å²) < 4.78 is 20.8. The van der Waals surface area contributed by atoms with Crippen LogP contribution >= 0.6 is 12.2 Å². The van der Waals surface area contributed by atoms with Gasteiger partial charge in [0.1, 0.15) is 11.6 Å². The predicted molar refractivity (Wildman–Crippen MR) is 106 cm³/mol. The molecule has 3 rings (SSSR count). The van der Waals surface area contributed by atoms with Gasteiger partial charge in [-0.25, -0.2) is 4.39 Å². The van der Waals surface area contributed by atoms with Crippen LogP contribution in [0.25, 0.3) is 0 Å². The van der Waals surface area contributed by atoms with E-state index >= 15 is 0 Å². The van der Waals surface area contributed by atoms with Crippen LogP contribution in [-0.2, 0) is 6.42 Å². The molecule has 5 nitrogen and oxygen atoms in total. The van der Waals surface area contributed by atoms with Gasteiger partial charge in [-0.3, -0.25) is 5.10 Å². The van der Waals surface area contributed by atoms with E-state index in [2.05, 4.69) is 22.2 Å². The van der Waals surface area contributed by atoms with Crippen molar-refractivity contribution in [3.05, 3.63) is 76.1 Å². The Bertz CT molecular complexity index is 963. The lowest BCUT2D eigenvalue weighted by atomic mass is 10.1. The van der Waals surface area contributed by atoms with Crippen molar-refractivity contribution in [3.63, 3.8) is 0 Å². The van der Waals surface area contributed by atoms with E-state index < -0.39 is 0 Å². The van der Waals surface area contributed by atoms with Crippen molar-refractivity contribution in [2.24, 2.45) is 5.10 Å². The minimum Gasteiger partial charge on any atom is -0.494 e. The first-order valence-corrected chi connectivity index (χ1v) is 9.24. The Balaban J connectivity index is 1.75. The molecule has 27 heavy (non-hydrogen) atoms. The third-order valence-electron chi connectivity index (χ3n) is 3.94. The number of aromatic nitrogens is 3. The number of hydrogen-bond acceptors (Lipinski definition) is 4. The first-order chi connectivity index (χ1) is 13.2. The van der Waals surface area contributed by atoms with Gasteiger partial charge in [0.2, 0.25) is 4.77 Å². The number of rotatable bonds is 8. The third-order valence-corrected chi connectivity index (χ3v) is 4.20. The van der Waals surface area contributed by atoms with E-state index in [0.29, 0.717) is 23.6 Å². The highest BCUT2D eigenvalue weighted by molar-refractivity contribution is 7.71. The molecule has 0 bridgehead atoms. The molecule has 0 fully saturated rings. The van der Waals surface area contributed by atoms with Crippen LogP contribution < -0.4 is 4.74 Å². The monoisotopic (exact) mass is 384 g/mol. The van der Waals surface area contributed by atoms with Crippen molar-refractivity contribution in [2.75, 3.05) is 6.61 Å². The fraction of sp³-hybridized carbons (Fsp3) is 0.250. The number of unbranched alkanes of at least 4 members (excludes halogenated alkanes) is 1. The molecule has 0 saturated heterocycles. The molecule has 2 aromatic carbocycles. The molecule has 0 atom stereocenters. The molecule has 1 heterocycles. The van der Waals surface area contributed by atoms with Gasteiger partial charge in [0, 0.05) is 6.42 Å². The standard InChI is InChI=1S/C20H21FN4OS/c1-2-3-11-26-18-6-4-5-16(12-18)14-22-25-19(23-24-20(25)27)13-15-7-9-17(21)10-8-15/h4-10,12,14H,2-3,11,13H2,1H3,(H,24,27)/b22-14-. The average Bonchev–Trinajstić information content (AvgIpc) is 3.02. The van der Waals surface area contributed by atoms with Crippen molar-refractivity contribution in [1.29, 1.82) is 0 Å². The lowest BCUT2D eigenvalue weighted by Crippen LogP contribution is -2.01. The van der Waals surface area contributed by atoms with E-state index in [1.165, 1.54) is 12.1 Å². The second kappa shape index (κ2) is 9.23. The predicted octanol–water partition coefficient (Wildman–Crippen LogP) is 4.73. The van der Waals surface area contributed by atoms with E-state index in [1.807, 2.05) is 24.3 Å². The maximum atomic E-state index is 13.1. The summed E-state index contributed by atoms with van der Waals surface area (Å²) >= 11 is 5.27. The zero-order valence-electron chi connectivity index (χ0n) is 15.1. The van der Waals surface area contributed by atoms with Gasteiger partial charge in [-0.2, -0.15) is 14.9 Å². The highest BCUT2D eigenvalue weighted by Crippen LogP contribution is 2.13.